The monoisotopic (exact) mass is 407 g/mol. The van der Waals surface area contributed by atoms with Crippen molar-refractivity contribution in [3.05, 3.63) is 72.3 Å². The second kappa shape index (κ2) is 8.44. The Kier molecular flexibility index (Phi) is 6.26. The van der Waals surface area contributed by atoms with Gasteiger partial charge in [-0.1, -0.05) is 11.6 Å². The fraction of sp³-hybridized carbons (Fsp3) is 0.176. The van der Waals surface area contributed by atoms with Crippen LogP contribution in [-0.4, -0.2) is 28.3 Å². The Hall–Kier alpha value is -3.53. The minimum absolute atomic E-state index is 0.192. The Morgan fingerprint density at radius 1 is 1.07 bits per heavy atom. The third-order valence-corrected chi connectivity index (χ3v) is 4.01. The normalized spacial score (nSPS) is 10.2. The number of nitro benzene ring substituents is 2. The number of nitrogens with zero attached hydrogens (tertiary/aromatic N) is 2. The number of carbonyl (C=O) groups is 2. The summed E-state index contributed by atoms with van der Waals surface area (Å²) in [5, 5.41) is 25.1. The van der Waals surface area contributed by atoms with E-state index in [0.717, 1.165) is 12.1 Å². The zero-order chi connectivity index (χ0) is 21.0. The zero-order valence-electron chi connectivity index (χ0n) is 14.7. The summed E-state index contributed by atoms with van der Waals surface area (Å²) < 4.78 is 4.81. The number of esters is 1. The summed E-state index contributed by atoms with van der Waals surface area (Å²) in [4.78, 5) is 44.5. The van der Waals surface area contributed by atoms with E-state index in [1.807, 2.05) is 0 Å². The van der Waals surface area contributed by atoms with Gasteiger partial charge in [-0.2, -0.15) is 0 Å². The van der Waals surface area contributed by atoms with E-state index in [4.69, 9.17) is 16.3 Å². The van der Waals surface area contributed by atoms with E-state index in [9.17, 15) is 29.8 Å². The van der Waals surface area contributed by atoms with Crippen molar-refractivity contribution in [1.82, 2.24) is 0 Å². The van der Waals surface area contributed by atoms with Gasteiger partial charge in [-0.15, -0.1) is 0 Å². The number of hydrogen-bond donors (Lipinski definition) is 1. The lowest BCUT2D eigenvalue weighted by molar-refractivity contribution is -0.395. The van der Waals surface area contributed by atoms with Gasteiger partial charge in [0.15, 0.2) is 6.61 Å². The van der Waals surface area contributed by atoms with Crippen molar-refractivity contribution in [2.24, 2.45) is 0 Å². The number of hydrogen-bond acceptors (Lipinski definition) is 7. The Balaban J connectivity index is 2.13. The molecule has 2 aromatic rings. The molecule has 0 spiro atoms. The highest BCUT2D eigenvalue weighted by Gasteiger charge is 2.26. The van der Waals surface area contributed by atoms with Gasteiger partial charge in [0.05, 0.1) is 15.4 Å². The number of rotatable bonds is 6. The van der Waals surface area contributed by atoms with Crippen LogP contribution >= 0.6 is 11.6 Å². The maximum absolute atomic E-state index is 12.1. The van der Waals surface area contributed by atoms with E-state index < -0.39 is 45.3 Å². The number of nitrogens with one attached hydrogen (secondary N) is 1. The molecule has 1 N–H and O–H groups in total. The molecular formula is C17H14ClN3O7. The van der Waals surface area contributed by atoms with Gasteiger partial charge in [0.2, 0.25) is 0 Å². The van der Waals surface area contributed by atoms with Crippen LogP contribution in [0.1, 0.15) is 21.5 Å². The van der Waals surface area contributed by atoms with Crippen molar-refractivity contribution < 1.29 is 24.2 Å². The SMILES string of the molecule is Cc1cc(Cl)ccc1NC(=O)COC(=O)c1cc([N+](=O)[O-])c(C)c([N+](=O)[O-])c1. The van der Waals surface area contributed by atoms with E-state index in [1.165, 1.54) is 6.92 Å². The molecule has 0 heterocycles. The van der Waals surface area contributed by atoms with Gasteiger partial charge in [0, 0.05) is 22.8 Å². The van der Waals surface area contributed by atoms with Gasteiger partial charge in [-0.3, -0.25) is 25.0 Å². The second-order valence-electron chi connectivity index (χ2n) is 5.74. The summed E-state index contributed by atoms with van der Waals surface area (Å²) in [5.41, 5.74) is -0.629. The summed E-state index contributed by atoms with van der Waals surface area (Å²) in [6.45, 7) is 2.24. The molecule has 0 atom stereocenters. The van der Waals surface area contributed by atoms with Crippen LogP contribution in [0, 0.1) is 34.1 Å². The van der Waals surface area contributed by atoms with Crippen molar-refractivity contribution in [2.75, 3.05) is 11.9 Å². The Morgan fingerprint density at radius 2 is 1.64 bits per heavy atom. The molecule has 2 aromatic carbocycles. The Morgan fingerprint density at radius 3 is 2.14 bits per heavy atom. The lowest BCUT2D eigenvalue weighted by Crippen LogP contribution is -2.21. The average Bonchev–Trinajstić information content (AvgIpc) is 2.61. The summed E-state index contributed by atoms with van der Waals surface area (Å²) in [5.74, 6) is -1.76. The van der Waals surface area contributed by atoms with E-state index in [0.29, 0.717) is 16.3 Å². The van der Waals surface area contributed by atoms with Crippen LogP contribution < -0.4 is 5.32 Å². The molecule has 0 unspecified atom stereocenters. The first-order valence-corrected chi connectivity index (χ1v) is 8.14. The molecule has 0 aromatic heterocycles. The lowest BCUT2D eigenvalue weighted by Gasteiger charge is -2.09. The van der Waals surface area contributed by atoms with Gasteiger partial charge in [0.1, 0.15) is 5.56 Å². The minimum atomic E-state index is -1.10. The Bertz CT molecular complexity index is 956. The molecule has 146 valence electrons. The van der Waals surface area contributed by atoms with Crippen molar-refractivity contribution in [3.8, 4) is 0 Å². The van der Waals surface area contributed by atoms with Crippen molar-refractivity contribution in [2.45, 2.75) is 13.8 Å². The first-order chi connectivity index (χ1) is 13.1. The molecule has 0 radical (unpaired) electrons. The summed E-state index contributed by atoms with van der Waals surface area (Å²) in [6, 6.07) is 6.51. The molecule has 0 saturated carbocycles. The number of aryl methyl sites for hydroxylation is 1. The molecule has 0 aliphatic rings. The number of carbonyl (C=O) groups excluding carboxylic acids is 2. The van der Waals surface area contributed by atoms with Crippen LogP contribution in [0.15, 0.2) is 30.3 Å². The van der Waals surface area contributed by atoms with Crippen LogP contribution in [0.25, 0.3) is 0 Å². The molecule has 1 amide bonds. The second-order valence-corrected chi connectivity index (χ2v) is 6.17. The maximum atomic E-state index is 12.1. The summed E-state index contributed by atoms with van der Waals surface area (Å²) >= 11 is 5.83. The number of amides is 1. The molecule has 0 aliphatic carbocycles. The van der Waals surface area contributed by atoms with E-state index >= 15 is 0 Å². The summed E-state index contributed by atoms with van der Waals surface area (Å²) in [6.07, 6.45) is 0. The molecule has 0 saturated heterocycles. The van der Waals surface area contributed by atoms with Crippen molar-refractivity contribution >= 4 is 40.5 Å². The number of anilines is 1. The fourth-order valence-electron chi connectivity index (χ4n) is 2.35. The molecule has 2 rings (SSSR count). The van der Waals surface area contributed by atoms with Gasteiger partial charge in [-0.05, 0) is 37.6 Å². The number of halogens is 1. The summed E-state index contributed by atoms with van der Waals surface area (Å²) in [7, 11) is 0. The van der Waals surface area contributed by atoms with E-state index in [2.05, 4.69) is 5.32 Å². The highest BCUT2D eigenvalue weighted by atomic mass is 35.5. The predicted octanol–water partition coefficient (Wildman–Crippen LogP) is 3.57. The van der Waals surface area contributed by atoms with E-state index in [1.54, 1.807) is 25.1 Å². The Labute approximate surface area is 163 Å². The number of ether oxygens (including phenoxy) is 1. The van der Waals surface area contributed by atoms with Crippen molar-refractivity contribution in [3.63, 3.8) is 0 Å². The lowest BCUT2D eigenvalue weighted by atomic mass is 10.1. The third-order valence-electron chi connectivity index (χ3n) is 3.78. The van der Waals surface area contributed by atoms with Crippen LogP contribution in [0.5, 0.6) is 0 Å². The highest BCUT2D eigenvalue weighted by Crippen LogP contribution is 2.29. The largest absolute Gasteiger partial charge is 0.452 e. The molecule has 11 heteroatoms. The molecular weight excluding hydrogens is 394 g/mol. The van der Waals surface area contributed by atoms with Crippen LogP contribution in [-0.2, 0) is 9.53 Å². The first kappa shape index (κ1) is 20.8. The number of nitro groups is 2. The number of benzene rings is 2. The van der Waals surface area contributed by atoms with Gasteiger partial charge in [0.25, 0.3) is 17.3 Å². The maximum Gasteiger partial charge on any atom is 0.339 e. The third kappa shape index (κ3) is 4.80. The topological polar surface area (TPSA) is 142 Å². The smallest absolute Gasteiger partial charge is 0.339 e. The average molecular weight is 408 g/mol. The predicted molar refractivity (Wildman–Crippen MR) is 99.6 cm³/mol. The van der Waals surface area contributed by atoms with Crippen molar-refractivity contribution in [1.29, 1.82) is 0 Å². The first-order valence-electron chi connectivity index (χ1n) is 7.76. The molecule has 10 nitrogen and oxygen atoms in total. The molecule has 0 fully saturated rings. The minimum Gasteiger partial charge on any atom is -0.452 e. The fourth-order valence-corrected chi connectivity index (χ4v) is 2.58. The van der Waals surface area contributed by atoms with Crippen LogP contribution in [0.2, 0.25) is 5.02 Å². The van der Waals surface area contributed by atoms with Crippen LogP contribution in [0.3, 0.4) is 0 Å². The van der Waals surface area contributed by atoms with E-state index in [-0.39, 0.29) is 5.56 Å². The quantitative estimate of drug-likeness (QED) is 0.438. The van der Waals surface area contributed by atoms with Gasteiger partial charge in [-0.25, -0.2) is 4.79 Å². The van der Waals surface area contributed by atoms with Gasteiger partial charge >= 0.3 is 5.97 Å². The zero-order valence-corrected chi connectivity index (χ0v) is 15.5. The standard InChI is InChI=1S/C17H14ClN3O7/c1-9-5-12(18)3-4-13(9)19-16(22)8-28-17(23)11-6-14(20(24)25)10(2)15(7-11)21(26)27/h3-7H,8H2,1-2H3,(H,19,22). The highest BCUT2D eigenvalue weighted by molar-refractivity contribution is 6.30. The molecule has 28 heavy (non-hydrogen) atoms. The van der Waals surface area contributed by atoms with Gasteiger partial charge < -0.3 is 10.1 Å². The van der Waals surface area contributed by atoms with Crippen LogP contribution in [0.4, 0.5) is 17.1 Å². The molecule has 0 bridgehead atoms. The molecule has 0 aliphatic heterocycles.